The van der Waals surface area contributed by atoms with Gasteiger partial charge in [-0.3, -0.25) is 14.6 Å². The number of hydrogen-bond acceptors (Lipinski definition) is 4. The summed E-state index contributed by atoms with van der Waals surface area (Å²) in [4.78, 5) is 27.2. The lowest BCUT2D eigenvalue weighted by atomic mass is 9.94. The van der Waals surface area contributed by atoms with Crippen LogP contribution in [0.3, 0.4) is 0 Å². The van der Waals surface area contributed by atoms with Crippen molar-refractivity contribution >= 4 is 18.2 Å². The van der Waals surface area contributed by atoms with Crippen LogP contribution in [0.5, 0.6) is 0 Å². The van der Waals surface area contributed by atoms with Crippen molar-refractivity contribution in [2.24, 2.45) is 4.99 Å². The highest BCUT2D eigenvalue weighted by molar-refractivity contribution is 5.77. The molecular formula is C19H19F5N4O2. The Kier molecular flexibility index (Phi) is 7.06. The van der Waals surface area contributed by atoms with E-state index < -0.39 is 42.1 Å². The third-order valence-corrected chi connectivity index (χ3v) is 4.16. The number of aliphatic imine (C=N–C) groups is 1. The van der Waals surface area contributed by atoms with Crippen molar-refractivity contribution in [3.05, 3.63) is 57.8 Å². The van der Waals surface area contributed by atoms with Crippen LogP contribution in [0, 0.1) is 0 Å². The molecule has 1 aromatic heterocycles. The Balaban J connectivity index is 2.14. The molecule has 0 saturated carbocycles. The molecule has 1 heterocycles. The molecule has 0 fully saturated rings. The van der Waals surface area contributed by atoms with Gasteiger partial charge in [0, 0.05) is 30.8 Å². The lowest BCUT2D eigenvalue weighted by Gasteiger charge is -2.21. The van der Waals surface area contributed by atoms with Crippen molar-refractivity contribution in [3.8, 4) is 0 Å². The molecule has 1 N–H and O–H groups in total. The average molecular weight is 430 g/mol. The van der Waals surface area contributed by atoms with Crippen molar-refractivity contribution in [3.63, 3.8) is 0 Å². The second kappa shape index (κ2) is 9.14. The van der Waals surface area contributed by atoms with Gasteiger partial charge in [0.1, 0.15) is 6.54 Å². The normalized spacial score (nSPS) is 17.3. The Morgan fingerprint density at radius 3 is 2.67 bits per heavy atom. The number of nitrogens with zero attached hydrogens (tertiary/aromatic N) is 3. The number of halogens is 5. The summed E-state index contributed by atoms with van der Waals surface area (Å²) in [7, 11) is 0. The van der Waals surface area contributed by atoms with Gasteiger partial charge in [0.2, 0.25) is 5.91 Å². The minimum atomic E-state index is -4.69. The molecule has 1 aromatic rings. The summed E-state index contributed by atoms with van der Waals surface area (Å²) < 4.78 is 65.9. The smallest absolute Gasteiger partial charge is 0.328 e. The molecule has 30 heavy (non-hydrogen) atoms. The molecule has 0 bridgehead atoms. The fraction of sp³-hybridized carbons (Fsp3) is 0.368. The standard InChI is InChI=1S/C19H19F5N4O2/c1-12(9-14(10-25-2)19(22,23)24)26-16(29)11-28-17(30)4-3-15(27-28)13-5-7-18(20,21)8-6-13/h3-5,9-10H,2,6-8,11H2,1H3,(H,26,29)/b12-9+,14-10+. The first-order valence-corrected chi connectivity index (χ1v) is 8.78. The number of alkyl halides is 5. The molecule has 0 saturated heterocycles. The fourth-order valence-corrected chi connectivity index (χ4v) is 2.72. The Hall–Kier alpha value is -3.11. The van der Waals surface area contributed by atoms with Gasteiger partial charge in [-0.15, -0.1) is 0 Å². The zero-order valence-corrected chi connectivity index (χ0v) is 16.0. The molecule has 0 aliphatic heterocycles. The topological polar surface area (TPSA) is 76.3 Å². The maximum absolute atomic E-state index is 13.3. The zero-order valence-electron chi connectivity index (χ0n) is 16.0. The van der Waals surface area contributed by atoms with Crippen LogP contribution in [0.25, 0.3) is 5.57 Å². The van der Waals surface area contributed by atoms with Crippen LogP contribution in [-0.2, 0) is 11.3 Å². The SMILES string of the molecule is C=N/C=C(\C=C(/C)NC(=O)Cn1nc(C2=CCC(F)(F)CC2)ccc1=O)C(F)(F)F. The van der Waals surface area contributed by atoms with E-state index in [0.717, 1.165) is 10.7 Å². The van der Waals surface area contributed by atoms with Gasteiger partial charge >= 0.3 is 6.18 Å². The quantitative estimate of drug-likeness (QED) is 0.426. The molecule has 1 amide bonds. The molecule has 0 atom stereocenters. The van der Waals surface area contributed by atoms with Crippen LogP contribution < -0.4 is 10.9 Å². The van der Waals surface area contributed by atoms with Crippen LogP contribution in [0.1, 0.15) is 31.9 Å². The van der Waals surface area contributed by atoms with Crippen molar-refractivity contribution in [2.75, 3.05) is 0 Å². The van der Waals surface area contributed by atoms with E-state index in [2.05, 4.69) is 22.1 Å². The molecule has 11 heteroatoms. The van der Waals surface area contributed by atoms with E-state index in [1.807, 2.05) is 0 Å². The Labute approximate surface area is 168 Å². The predicted octanol–water partition coefficient (Wildman–Crippen LogP) is 3.61. The molecule has 0 radical (unpaired) electrons. The van der Waals surface area contributed by atoms with E-state index in [9.17, 15) is 31.5 Å². The highest BCUT2D eigenvalue weighted by atomic mass is 19.4. The lowest BCUT2D eigenvalue weighted by Crippen LogP contribution is -2.33. The number of nitrogens with one attached hydrogen (secondary N) is 1. The van der Waals surface area contributed by atoms with Gasteiger partial charge < -0.3 is 5.32 Å². The predicted molar refractivity (Wildman–Crippen MR) is 101 cm³/mol. The third-order valence-electron chi connectivity index (χ3n) is 4.16. The van der Waals surface area contributed by atoms with Gasteiger partial charge in [-0.05, 0) is 37.8 Å². The van der Waals surface area contributed by atoms with E-state index in [1.165, 1.54) is 19.1 Å². The largest absolute Gasteiger partial charge is 0.417 e. The average Bonchev–Trinajstić information content (AvgIpc) is 2.62. The number of carbonyl (C=O) groups is 1. The molecule has 0 aromatic carbocycles. The lowest BCUT2D eigenvalue weighted by molar-refractivity contribution is -0.121. The van der Waals surface area contributed by atoms with E-state index in [-0.39, 0.29) is 24.2 Å². The van der Waals surface area contributed by atoms with Gasteiger partial charge in [0.25, 0.3) is 11.5 Å². The molecular weight excluding hydrogens is 411 g/mol. The zero-order chi connectivity index (χ0) is 22.5. The maximum atomic E-state index is 13.3. The monoisotopic (exact) mass is 430 g/mol. The number of rotatable bonds is 6. The summed E-state index contributed by atoms with van der Waals surface area (Å²) in [6.07, 6.45) is -2.90. The van der Waals surface area contributed by atoms with Gasteiger partial charge in [-0.2, -0.15) is 18.3 Å². The Morgan fingerprint density at radius 1 is 1.40 bits per heavy atom. The second-order valence-corrected chi connectivity index (χ2v) is 6.64. The van der Waals surface area contributed by atoms with E-state index in [0.29, 0.717) is 17.8 Å². The molecule has 1 aliphatic carbocycles. The van der Waals surface area contributed by atoms with Gasteiger partial charge in [-0.1, -0.05) is 6.08 Å². The summed E-state index contributed by atoms with van der Waals surface area (Å²) in [5.41, 5.74) is -1.06. The summed E-state index contributed by atoms with van der Waals surface area (Å²) in [6, 6.07) is 2.52. The minimum Gasteiger partial charge on any atom is -0.328 e. The summed E-state index contributed by atoms with van der Waals surface area (Å²) >= 11 is 0. The summed E-state index contributed by atoms with van der Waals surface area (Å²) in [6.45, 7) is 3.64. The van der Waals surface area contributed by atoms with E-state index in [4.69, 9.17) is 0 Å². The van der Waals surface area contributed by atoms with Crippen molar-refractivity contribution < 1.29 is 26.7 Å². The van der Waals surface area contributed by atoms with Crippen LogP contribution >= 0.6 is 0 Å². The van der Waals surface area contributed by atoms with Gasteiger partial charge in [-0.25, -0.2) is 13.5 Å². The first kappa shape index (κ1) is 23.2. The van der Waals surface area contributed by atoms with Crippen LogP contribution in [0.2, 0.25) is 0 Å². The Bertz CT molecular complexity index is 974. The van der Waals surface area contributed by atoms with E-state index in [1.54, 1.807) is 0 Å². The fourth-order valence-electron chi connectivity index (χ4n) is 2.72. The van der Waals surface area contributed by atoms with Crippen molar-refractivity contribution in [1.82, 2.24) is 15.1 Å². The number of allylic oxidation sites excluding steroid dienone is 5. The summed E-state index contributed by atoms with van der Waals surface area (Å²) in [5.74, 6) is -3.57. The van der Waals surface area contributed by atoms with E-state index >= 15 is 0 Å². The molecule has 162 valence electrons. The molecule has 6 nitrogen and oxygen atoms in total. The molecule has 1 aliphatic rings. The molecule has 2 rings (SSSR count). The number of amides is 1. The first-order chi connectivity index (χ1) is 13.9. The maximum Gasteiger partial charge on any atom is 0.417 e. The highest BCUT2D eigenvalue weighted by Gasteiger charge is 2.32. The highest BCUT2D eigenvalue weighted by Crippen LogP contribution is 2.35. The summed E-state index contributed by atoms with van der Waals surface area (Å²) in [5, 5.41) is 6.25. The number of hydrogen-bond donors (Lipinski definition) is 1. The Morgan fingerprint density at radius 2 is 2.10 bits per heavy atom. The van der Waals surface area contributed by atoms with Crippen molar-refractivity contribution in [2.45, 2.75) is 44.8 Å². The third kappa shape index (κ3) is 6.46. The van der Waals surface area contributed by atoms with Crippen LogP contribution in [0.4, 0.5) is 22.0 Å². The first-order valence-electron chi connectivity index (χ1n) is 8.78. The minimum absolute atomic E-state index is 0.0656. The molecule has 0 spiro atoms. The van der Waals surface area contributed by atoms with Crippen LogP contribution in [0.15, 0.2) is 51.5 Å². The molecule has 0 unspecified atom stereocenters. The van der Waals surface area contributed by atoms with Crippen molar-refractivity contribution in [1.29, 1.82) is 0 Å². The number of aromatic nitrogens is 2. The van der Waals surface area contributed by atoms with Gasteiger partial charge in [0.05, 0.1) is 11.3 Å². The second-order valence-electron chi connectivity index (χ2n) is 6.64. The van der Waals surface area contributed by atoms with Crippen LogP contribution in [-0.4, -0.2) is 34.5 Å². The van der Waals surface area contributed by atoms with Gasteiger partial charge in [0.15, 0.2) is 0 Å². The number of carbonyl (C=O) groups excluding carboxylic acids is 1.